The normalized spacial score (nSPS) is 10.2. The molecule has 0 bridgehead atoms. The minimum absolute atomic E-state index is 0.784. The fraction of sp³-hybridized carbons (Fsp3) is 0.231. The first-order chi connectivity index (χ1) is 8.69. The summed E-state index contributed by atoms with van der Waals surface area (Å²) in [5.74, 6) is 1.61. The third-order valence-electron chi connectivity index (χ3n) is 2.48. The van der Waals surface area contributed by atoms with Crippen LogP contribution >= 0.6 is 15.9 Å². The molecule has 0 radical (unpaired) electrons. The Kier molecular flexibility index (Phi) is 4.15. The van der Waals surface area contributed by atoms with Crippen molar-refractivity contribution in [3.63, 3.8) is 0 Å². The van der Waals surface area contributed by atoms with Gasteiger partial charge >= 0.3 is 0 Å². The largest absolute Gasteiger partial charge is 0.370 e. The predicted molar refractivity (Wildman–Crippen MR) is 78.4 cm³/mol. The lowest BCUT2D eigenvalue weighted by Gasteiger charge is -2.10. The molecule has 0 atom stereocenters. The standard InChI is InChI=1S/C13H15BrN4/c1-3-15-12-7-13(17-8-16-12)18-11-5-4-10(14)6-9(11)2/h4-8H,3H2,1-2H3,(H2,15,16,17,18). The first-order valence-electron chi connectivity index (χ1n) is 5.78. The highest BCUT2D eigenvalue weighted by molar-refractivity contribution is 9.10. The van der Waals surface area contributed by atoms with Gasteiger partial charge in [-0.05, 0) is 37.6 Å². The van der Waals surface area contributed by atoms with E-state index in [-0.39, 0.29) is 0 Å². The van der Waals surface area contributed by atoms with Crippen molar-refractivity contribution in [2.24, 2.45) is 0 Å². The van der Waals surface area contributed by atoms with Crippen molar-refractivity contribution in [1.82, 2.24) is 9.97 Å². The Morgan fingerprint density at radius 3 is 2.67 bits per heavy atom. The number of benzene rings is 1. The molecule has 0 aliphatic heterocycles. The van der Waals surface area contributed by atoms with E-state index in [9.17, 15) is 0 Å². The third-order valence-corrected chi connectivity index (χ3v) is 2.97. The van der Waals surface area contributed by atoms with Gasteiger partial charge < -0.3 is 10.6 Å². The zero-order chi connectivity index (χ0) is 13.0. The molecule has 4 nitrogen and oxygen atoms in total. The highest BCUT2D eigenvalue weighted by Crippen LogP contribution is 2.23. The van der Waals surface area contributed by atoms with E-state index in [0.29, 0.717) is 0 Å². The molecule has 0 aliphatic carbocycles. The van der Waals surface area contributed by atoms with Crippen molar-refractivity contribution < 1.29 is 0 Å². The van der Waals surface area contributed by atoms with Gasteiger partial charge in [0.2, 0.25) is 0 Å². The van der Waals surface area contributed by atoms with E-state index in [1.165, 1.54) is 0 Å². The third kappa shape index (κ3) is 3.20. The first kappa shape index (κ1) is 12.8. The number of hydrogen-bond donors (Lipinski definition) is 2. The van der Waals surface area contributed by atoms with E-state index in [1.807, 2.05) is 25.1 Å². The van der Waals surface area contributed by atoms with Crippen molar-refractivity contribution in [3.05, 3.63) is 40.6 Å². The Balaban J connectivity index is 2.20. The lowest BCUT2D eigenvalue weighted by molar-refractivity contribution is 1.11. The van der Waals surface area contributed by atoms with E-state index in [4.69, 9.17) is 0 Å². The summed E-state index contributed by atoms with van der Waals surface area (Å²) in [6, 6.07) is 7.98. The van der Waals surface area contributed by atoms with Gasteiger partial charge in [-0.1, -0.05) is 15.9 Å². The number of aromatic nitrogens is 2. The highest BCUT2D eigenvalue weighted by atomic mass is 79.9. The molecule has 1 heterocycles. The van der Waals surface area contributed by atoms with Crippen LogP contribution in [0.1, 0.15) is 12.5 Å². The van der Waals surface area contributed by atoms with Gasteiger partial charge in [0.1, 0.15) is 18.0 Å². The predicted octanol–water partition coefficient (Wildman–Crippen LogP) is 3.72. The SMILES string of the molecule is CCNc1cc(Nc2ccc(Br)cc2C)ncn1. The topological polar surface area (TPSA) is 49.8 Å². The van der Waals surface area contributed by atoms with Crippen LogP contribution in [0.4, 0.5) is 17.3 Å². The molecule has 2 rings (SSSR count). The molecule has 2 aromatic rings. The lowest BCUT2D eigenvalue weighted by Crippen LogP contribution is -2.02. The zero-order valence-corrected chi connectivity index (χ0v) is 12.0. The molecule has 2 N–H and O–H groups in total. The minimum atomic E-state index is 0.784. The van der Waals surface area contributed by atoms with Crippen LogP contribution in [0.25, 0.3) is 0 Å². The van der Waals surface area contributed by atoms with Crippen molar-refractivity contribution in [2.75, 3.05) is 17.2 Å². The van der Waals surface area contributed by atoms with Gasteiger partial charge in [-0.25, -0.2) is 9.97 Å². The molecule has 5 heteroatoms. The summed E-state index contributed by atoms with van der Waals surface area (Å²) in [6.45, 7) is 4.93. The second-order valence-electron chi connectivity index (χ2n) is 3.90. The molecule has 0 fully saturated rings. The number of hydrogen-bond acceptors (Lipinski definition) is 4. The molecule has 0 amide bonds. The number of nitrogens with zero attached hydrogens (tertiary/aromatic N) is 2. The van der Waals surface area contributed by atoms with Gasteiger partial charge in [0, 0.05) is 22.8 Å². The molecule has 1 aromatic heterocycles. The van der Waals surface area contributed by atoms with Gasteiger partial charge in [0.05, 0.1) is 0 Å². The van der Waals surface area contributed by atoms with Crippen LogP contribution in [0.2, 0.25) is 0 Å². The summed E-state index contributed by atoms with van der Waals surface area (Å²) in [5.41, 5.74) is 2.20. The molecule has 0 aliphatic rings. The van der Waals surface area contributed by atoms with Crippen LogP contribution in [0.3, 0.4) is 0 Å². The fourth-order valence-corrected chi connectivity index (χ4v) is 2.08. The molecular weight excluding hydrogens is 292 g/mol. The zero-order valence-electron chi connectivity index (χ0n) is 10.4. The Morgan fingerprint density at radius 2 is 1.94 bits per heavy atom. The van der Waals surface area contributed by atoms with Crippen molar-refractivity contribution in [1.29, 1.82) is 0 Å². The Bertz CT molecular complexity index is 542. The molecule has 0 spiro atoms. The highest BCUT2D eigenvalue weighted by Gasteiger charge is 2.02. The summed E-state index contributed by atoms with van der Waals surface area (Å²) in [4.78, 5) is 8.34. The molecule has 0 unspecified atom stereocenters. The smallest absolute Gasteiger partial charge is 0.135 e. The Morgan fingerprint density at radius 1 is 1.17 bits per heavy atom. The summed E-state index contributed by atoms with van der Waals surface area (Å²) in [5, 5.41) is 6.45. The number of rotatable bonds is 4. The van der Waals surface area contributed by atoms with Crippen LogP contribution in [0, 0.1) is 6.92 Å². The maximum Gasteiger partial charge on any atom is 0.135 e. The quantitative estimate of drug-likeness (QED) is 0.904. The first-order valence-corrected chi connectivity index (χ1v) is 6.57. The Labute approximate surface area is 115 Å². The fourth-order valence-electron chi connectivity index (χ4n) is 1.61. The molecular formula is C13H15BrN4. The van der Waals surface area contributed by atoms with E-state index in [2.05, 4.69) is 49.5 Å². The molecule has 18 heavy (non-hydrogen) atoms. The second kappa shape index (κ2) is 5.82. The number of nitrogens with one attached hydrogen (secondary N) is 2. The van der Waals surface area contributed by atoms with Gasteiger partial charge in [0.15, 0.2) is 0 Å². The number of anilines is 3. The summed E-state index contributed by atoms with van der Waals surface area (Å²) < 4.78 is 1.07. The van der Waals surface area contributed by atoms with E-state index in [1.54, 1.807) is 6.33 Å². The lowest BCUT2D eigenvalue weighted by atomic mass is 10.2. The van der Waals surface area contributed by atoms with Crippen molar-refractivity contribution >= 4 is 33.3 Å². The van der Waals surface area contributed by atoms with Gasteiger partial charge in [-0.15, -0.1) is 0 Å². The molecule has 0 saturated carbocycles. The van der Waals surface area contributed by atoms with Crippen LogP contribution < -0.4 is 10.6 Å². The average Bonchev–Trinajstić information content (AvgIpc) is 2.34. The number of aryl methyl sites for hydroxylation is 1. The van der Waals surface area contributed by atoms with Crippen molar-refractivity contribution in [3.8, 4) is 0 Å². The van der Waals surface area contributed by atoms with Crippen LogP contribution in [-0.2, 0) is 0 Å². The van der Waals surface area contributed by atoms with Crippen LogP contribution in [0.5, 0.6) is 0 Å². The van der Waals surface area contributed by atoms with Gasteiger partial charge in [-0.3, -0.25) is 0 Å². The van der Waals surface area contributed by atoms with Crippen LogP contribution in [-0.4, -0.2) is 16.5 Å². The van der Waals surface area contributed by atoms with Crippen molar-refractivity contribution in [2.45, 2.75) is 13.8 Å². The van der Waals surface area contributed by atoms with E-state index >= 15 is 0 Å². The summed E-state index contributed by atoms with van der Waals surface area (Å²) >= 11 is 3.45. The monoisotopic (exact) mass is 306 g/mol. The van der Waals surface area contributed by atoms with E-state index in [0.717, 1.165) is 33.9 Å². The molecule has 1 aromatic carbocycles. The van der Waals surface area contributed by atoms with E-state index < -0.39 is 0 Å². The van der Waals surface area contributed by atoms with Gasteiger partial charge in [0.25, 0.3) is 0 Å². The molecule has 0 saturated heterocycles. The average molecular weight is 307 g/mol. The summed E-state index contributed by atoms with van der Waals surface area (Å²) in [7, 11) is 0. The molecule has 94 valence electrons. The van der Waals surface area contributed by atoms with Crippen LogP contribution in [0.15, 0.2) is 35.1 Å². The number of halogens is 1. The second-order valence-corrected chi connectivity index (χ2v) is 4.82. The van der Waals surface area contributed by atoms with Gasteiger partial charge in [-0.2, -0.15) is 0 Å². The minimum Gasteiger partial charge on any atom is -0.370 e. The Hall–Kier alpha value is -1.62. The maximum atomic E-state index is 4.21. The summed E-state index contributed by atoms with van der Waals surface area (Å²) in [6.07, 6.45) is 1.55. The maximum absolute atomic E-state index is 4.21.